The van der Waals surface area contributed by atoms with Crippen LogP contribution in [0.25, 0.3) is 0 Å². The Morgan fingerprint density at radius 1 is 1.29 bits per heavy atom. The summed E-state index contributed by atoms with van der Waals surface area (Å²) >= 11 is 0. The van der Waals surface area contributed by atoms with Crippen LogP contribution in [0.1, 0.15) is 58.3 Å². The number of carboxylic acid groups (broad SMARTS) is 1. The molecule has 1 aliphatic rings. The van der Waals surface area contributed by atoms with Crippen LogP contribution in [0.2, 0.25) is 0 Å². The first-order chi connectivity index (χ1) is 11.5. The summed E-state index contributed by atoms with van der Waals surface area (Å²) in [4.78, 5) is 22.4. The van der Waals surface area contributed by atoms with Gasteiger partial charge in [-0.2, -0.15) is 0 Å². The fourth-order valence-corrected chi connectivity index (χ4v) is 2.81. The molecule has 0 radical (unpaired) electrons. The van der Waals surface area contributed by atoms with Gasteiger partial charge in [-0.3, -0.25) is 9.59 Å². The summed E-state index contributed by atoms with van der Waals surface area (Å²) in [6, 6.07) is 0. The second-order valence-corrected chi connectivity index (χ2v) is 6.39. The van der Waals surface area contributed by atoms with Gasteiger partial charge in [0, 0.05) is 18.3 Å². The summed E-state index contributed by atoms with van der Waals surface area (Å²) in [5, 5.41) is 18.5. The van der Waals surface area contributed by atoms with Gasteiger partial charge in [-0.15, -0.1) is 0 Å². The predicted octanol–water partition coefficient (Wildman–Crippen LogP) is 4.06. The summed E-state index contributed by atoms with van der Waals surface area (Å²) < 4.78 is 0. The van der Waals surface area contributed by atoms with Crippen molar-refractivity contribution in [3.05, 3.63) is 36.5 Å². The van der Waals surface area contributed by atoms with E-state index in [0.29, 0.717) is 12.8 Å². The van der Waals surface area contributed by atoms with E-state index in [1.165, 1.54) is 0 Å². The van der Waals surface area contributed by atoms with Crippen molar-refractivity contribution in [2.75, 3.05) is 0 Å². The van der Waals surface area contributed by atoms with E-state index in [0.717, 1.165) is 32.1 Å². The van der Waals surface area contributed by atoms with Gasteiger partial charge < -0.3 is 10.2 Å². The molecule has 0 saturated heterocycles. The zero-order chi connectivity index (χ0) is 17.8. The zero-order valence-electron chi connectivity index (χ0n) is 14.6. The molecule has 0 aliphatic heterocycles. The molecule has 3 atom stereocenters. The number of hydrogen-bond acceptors (Lipinski definition) is 3. The quantitative estimate of drug-likeness (QED) is 0.417. The van der Waals surface area contributed by atoms with E-state index >= 15 is 0 Å². The average molecular weight is 334 g/mol. The maximum Gasteiger partial charge on any atom is 0.303 e. The van der Waals surface area contributed by atoms with Gasteiger partial charge in [0.05, 0.1) is 6.10 Å². The molecule has 1 rings (SSSR count). The van der Waals surface area contributed by atoms with Crippen LogP contribution in [0, 0.1) is 11.8 Å². The molecule has 0 fully saturated rings. The Labute approximate surface area is 145 Å². The highest BCUT2D eigenvalue weighted by atomic mass is 16.4. The van der Waals surface area contributed by atoms with Crippen LogP contribution < -0.4 is 0 Å². The van der Waals surface area contributed by atoms with Crippen LogP contribution in [0.4, 0.5) is 0 Å². The number of allylic oxidation sites excluding steroid dienone is 5. The van der Waals surface area contributed by atoms with Crippen LogP contribution in [0.3, 0.4) is 0 Å². The van der Waals surface area contributed by atoms with E-state index in [9.17, 15) is 14.7 Å². The monoisotopic (exact) mass is 334 g/mol. The van der Waals surface area contributed by atoms with Gasteiger partial charge in [0.15, 0.2) is 5.78 Å². The van der Waals surface area contributed by atoms with Crippen LogP contribution in [-0.2, 0) is 9.59 Å². The Kier molecular flexibility index (Phi) is 10.0. The topological polar surface area (TPSA) is 74.6 Å². The van der Waals surface area contributed by atoms with E-state index in [1.54, 1.807) is 6.08 Å². The number of carbonyl (C=O) groups is 2. The van der Waals surface area contributed by atoms with Crippen molar-refractivity contribution < 1.29 is 19.8 Å². The summed E-state index contributed by atoms with van der Waals surface area (Å²) in [7, 11) is 0. The molecule has 0 unspecified atom stereocenters. The lowest BCUT2D eigenvalue weighted by atomic mass is 9.90. The highest BCUT2D eigenvalue weighted by Crippen LogP contribution is 2.27. The first-order valence-corrected chi connectivity index (χ1v) is 8.99. The van der Waals surface area contributed by atoms with Crippen molar-refractivity contribution in [2.24, 2.45) is 11.8 Å². The van der Waals surface area contributed by atoms with Gasteiger partial charge in [-0.05, 0) is 31.8 Å². The summed E-state index contributed by atoms with van der Waals surface area (Å²) in [6.45, 7) is 2.14. The van der Waals surface area contributed by atoms with Gasteiger partial charge >= 0.3 is 5.97 Å². The molecule has 2 N–H and O–H groups in total. The van der Waals surface area contributed by atoms with Gasteiger partial charge in [0.2, 0.25) is 0 Å². The van der Waals surface area contributed by atoms with Crippen LogP contribution >= 0.6 is 0 Å². The number of ketones is 1. The van der Waals surface area contributed by atoms with Gasteiger partial charge in [0.1, 0.15) is 0 Å². The van der Waals surface area contributed by atoms with Crippen LogP contribution in [0.5, 0.6) is 0 Å². The molecule has 0 amide bonds. The Balaban J connectivity index is 2.38. The number of aliphatic hydroxyl groups excluding tert-OH is 1. The van der Waals surface area contributed by atoms with E-state index in [-0.39, 0.29) is 24.0 Å². The minimum Gasteiger partial charge on any atom is -0.481 e. The molecule has 0 saturated carbocycles. The molecular formula is C20H30O4. The lowest BCUT2D eigenvalue weighted by molar-refractivity contribution is -0.137. The van der Waals surface area contributed by atoms with Gasteiger partial charge in [0.25, 0.3) is 0 Å². The lowest BCUT2D eigenvalue weighted by Gasteiger charge is -2.13. The molecular weight excluding hydrogens is 304 g/mol. The minimum atomic E-state index is -0.777. The summed E-state index contributed by atoms with van der Waals surface area (Å²) in [6.07, 6.45) is 17.0. The normalized spacial score (nSPS) is 22.0. The number of rotatable bonds is 12. The van der Waals surface area contributed by atoms with E-state index in [2.05, 4.69) is 6.92 Å². The number of unbranched alkanes of at least 4 members (excludes halogenated alkanes) is 3. The molecule has 4 heteroatoms. The first-order valence-electron chi connectivity index (χ1n) is 8.99. The molecule has 0 aromatic carbocycles. The highest BCUT2D eigenvalue weighted by Gasteiger charge is 2.27. The van der Waals surface area contributed by atoms with E-state index < -0.39 is 12.1 Å². The molecule has 1 aliphatic carbocycles. The van der Waals surface area contributed by atoms with Crippen molar-refractivity contribution in [3.63, 3.8) is 0 Å². The minimum absolute atomic E-state index is 0.0435. The molecule has 0 aromatic rings. The second kappa shape index (κ2) is 11.8. The average Bonchev–Trinajstić information content (AvgIpc) is 2.89. The summed E-state index contributed by atoms with van der Waals surface area (Å²) in [5.74, 6) is -0.705. The van der Waals surface area contributed by atoms with Crippen molar-refractivity contribution in [1.29, 1.82) is 0 Å². The molecule has 0 aromatic heterocycles. The fraction of sp³-hybridized carbons (Fsp3) is 0.600. The number of hydrogen-bond donors (Lipinski definition) is 2. The van der Waals surface area contributed by atoms with Crippen LogP contribution in [-0.4, -0.2) is 28.1 Å². The first kappa shape index (κ1) is 20.4. The standard InChI is InChI=1S/C20H30O4/c1-2-3-6-9-17(21)14-12-16-13-15-19(22)18(16)10-7-4-5-8-11-20(23)24/h4,7,12-18,21H,2-3,5-6,8-11H2,1H3,(H,23,24)/b7-4-,14-12+/t16-,17+,18+/m0/s1. The van der Waals surface area contributed by atoms with E-state index in [4.69, 9.17) is 5.11 Å². The maximum atomic E-state index is 12.0. The second-order valence-electron chi connectivity index (χ2n) is 6.39. The summed E-state index contributed by atoms with van der Waals surface area (Å²) in [5.41, 5.74) is 0. The smallest absolute Gasteiger partial charge is 0.303 e. The van der Waals surface area contributed by atoms with Gasteiger partial charge in [-0.1, -0.05) is 56.6 Å². The third-order valence-corrected chi connectivity index (χ3v) is 4.29. The Morgan fingerprint density at radius 2 is 2.08 bits per heavy atom. The third-order valence-electron chi connectivity index (χ3n) is 4.29. The Bertz CT molecular complexity index is 476. The molecule has 4 nitrogen and oxygen atoms in total. The number of aliphatic hydroxyl groups is 1. The Morgan fingerprint density at radius 3 is 2.79 bits per heavy atom. The van der Waals surface area contributed by atoms with Crippen molar-refractivity contribution >= 4 is 11.8 Å². The van der Waals surface area contributed by atoms with E-state index in [1.807, 2.05) is 30.4 Å². The maximum absolute atomic E-state index is 12.0. The molecule has 24 heavy (non-hydrogen) atoms. The predicted molar refractivity (Wildman–Crippen MR) is 95.7 cm³/mol. The van der Waals surface area contributed by atoms with Crippen molar-refractivity contribution in [3.8, 4) is 0 Å². The largest absolute Gasteiger partial charge is 0.481 e. The highest BCUT2D eigenvalue weighted by molar-refractivity contribution is 5.95. The molecule has 0 bridgehead atoms. The van der Waals surface area contributed by atoms with Crippen molar-refractivity contribution in [1.82, 2.24) is 0 Å². The number of carbonyl (C=O) groups excluding carboxylic acids is 1. The molecule has 134 valence electrons. The lowest BCUT2D eigenvalue weighted by Crippen LogP contribution is -2.14. The van der Waals surface area contributed by atoms with Gasteiger partial charge in [-0.25, -0.2) is 0 Å². The zero-order valence-corrected chi connectivity index (χ0v) is 14.6. The SMILES string of the molecule is CCCCC[C@@H](O)/C=C/[C@H]1C=CC(=O)[C@@H]1C/C=C\CCCC(=O)O. The fourth-order valence-electron chi connectivity index (χ4n) is 2.81. The third kappa shape index (κ3) is 8.25. The van der Waals surface area contributed by atoms with Crippen LogP contribution in [0.15, 0.2) is 36.5 Å². The number of aliphatic carboxylic acids is 1. The Hall–Kier alpha value is -1.68. The number of carboxylic acids is 1. The van der Waals surface area contributed by atoms with Crippen molar-refractivity contribution in [2.45, 2.75) is 64.4 Å². The molecule has 0 heterocycles. The molecule has 0 spiro atoms.